The average Bonchev–Trinajstić information content (AvgIpc) is 3.55. The molecule has 3 rings (SSSR count). The highest BCUT2D eigenvalue weighted by molar-refractivity contribution is 7.89. The SMILES string of the molecule is COc1ccc(NC(=O)CCc2ccc(S(=O)(=O)NC3CC3)cc2)cc1NC(=O)OC(C)(C)C. The Balaban J connectivity index is 1.56. The van der Waals surface area contributed by atoms with Crippen LogP contribution in [0.2, 0.25) is 0 Å². The van der Waals surface area contributed by atoms with E-state index in [2.05, 4.69) is 15.4 Å². The second-order valence-electron chi connectivity index (χ2n) is 9.13. The lowest BCUT2D eigenvalue weighted by Crippen LogP contribution is -2.27. The number of benzene rings is 2. The quantitative estimate of drug-likeness (QED) is 0.488. The molecule has 184 valence electrons. The molecule has 3 N–H and O–H groups in total. The van der Waals surface area contributed by atoms with Gasteiger partial charge in [-0.25, -0.2) is 17.9 Å². The van der Waals surface area contributed by atoms with Crippen LogP contribution in [-0.2, 0) is 26.0 Å². The van der Waals surface area contributed by atoms with E-state index in [1.54, 1.807) is 63.2 Å². The van der Waals surface area contributed by atoms with Crippen molar-refractivity contribution in [2.75, 3.05) is 17.7 Å². The van der Waals surface area contributed by atoms with Gasteiger partial charge < -0.3 is 14.8 Å². The van der Waals surface area contributed by atoms with E-state index in [0.29, 0.717) is 23.5 Å². The molecule has 2 aromatic carbocycles. The Morgan fingerprint density at radius 3 is 2.29 bits per heavy atom. The number of hydrogen-bond donors (Lipinski definition) is 3. The minimum absolute atomic E-state index is 0.0474. The van der Waals surface area contributed by atoms with Crippen LogP contribution in [0.5, 0.6) is 5.75 Å². The van der Waals surface area contributed by atoms with Crippen LogP contribution in [0.3, 0.4) is 0 Å². The first-order valence-corrected chi connectivity index (χ1v) is 12.5. The zero-order chi connectivity index (χ0) is 24.9. The van der Waals surface area contributed by atoms with Gasteiger partial charge >= 0.3 is 6.09 Å². The van der Waals surface area contributed by atoms with Crippen molar-refractivity contribution >= 4 is 33.4 Å². The lowest BCUT2D eigenvalue weighted by Gasteiger charge is -2.20. The third-order valence-electron chi connectivity index (χ3n) is 4.89. The van der Waals surface area contributed by atoms with Crippen molar-refractivity contribution in [2.24, 2.45) is 0 Å². The Kier molecular flexibility index (Phi) is 7.83. The summed E-state index contributed by atoms with van der Waals surface area (Å²) in [6, 6.07) is 11.5. The van der Waals surface area contributed by atoms with Gasteiger partial charge in [0.1, 0.15) is 11.4 Å². The van der Waals surface area contributed by atoms with Crippen molar-refractivity contribution in [2.45, 2.75) is 63.0 Å². The van der Waals surface area contributed by atoms with Gasteiger partial charge in [0, 0.05) is 18.2 Å². The van der Waals surface area contributed by atoms with Crippen molar-refractivity contribution in [3.8, 4) is 5.75 Å². The largest absolute Gasteiger partial charge is 0.495 e. The Labute approximate surface area is 200 Å². The normalized spacial score (nSPS) is 13.8. The lowest BCUT2D eigenvalue weighted by atomic mass is 10.1. The number of carbonyl (C=O) groups is 2. The molecule has 1 aliphatic carbocycles. The Hall–Kier alpha value is -3.11. The fourth-order valence-electron chi connectivity index (χ4n) is 3.10. The van der Waals surface area contributed by atoms with E-state index in [4.69, 9.17) is 9.47 Å². The molecular weight excluding hydrogens is 458 g/mol. The molecule has 0 bridgehead atoms. The fourth-order valence-corrected chi connectivity index (χ4v) is 4.41. The Morgan fingerprint density at radius 1 is 1.03 bits per heavy atom. The molecule has 10 heteroatoms. The molecule has 0 atom stereocenters. The summed E-state index contributed by atoms with van der Waals surface area (Å²) >= 11 is 0. The van der Waals surface area contributed by atoms with Crippen molar-refractivity contribution < 1.29 is 27.5 Å². The lowest BCUT2D eigenvalue weighted by molar-refractivity contribution is -0.116. The molecule has 0 radical (unpaired) electrons. The van der Waals surface area contributed by atoms with Crippen LogP contribution in [-0.4, -0.2) is 39.2 Å². The molecule has 0 heterocycles. The van der Waals surface area contributed by atoms with Gasteiger partial charge in [-0.1, -0.05) is 12.1 Å². The van der Waals surface area contributed by atoms with Gasteiger partial charge in [-0.15, -0.1) is 0 Å². The summed E-state index contributed by atoms with van der Waals surface area (Å²) in [6.07, 6.45) is 1.76. The predicted octanol–water partition coefficient (Wildman–Crippen LogP) is 4.05. The molecule has 0 unspecified atom stereocenters. The molecule has 0 aliphatic heterocycles. The van der Waals surface area contributed by atoms with Crippen LogP contribution in [0, 0.1) is 0 Å². The minimum Gasteiger partial charge on any atom is -0.495 e. The summed E-state index contributed by atoms with van der Waals surface area (Å²) in [6.45, 7) is 5.29. The van der Waals surface area contributed by atoms with Crippen molar-refractivity contribution in [1.82, 2.24) is 4.72 Å². The predicted molar refractivity (Wildman–Crippen MR) is 130 cm³/mol. The summed E-state index contributed by atoms with van der Waals surface area (Å²) in [5, 5.41) is 5.43. The van der Waals surface area contributed by atoms with E-state index in [1.807, 2.05) is 0 Å². The van der Waals surface area contributed by atoms with Gasteiger partial charge in [0.2, 0.25) is 15.9 Å². The number of carbonyl (C=O) groups excluding carboxylic acids is 2. The van der Waals surface area contributed by atoms with Crippen LogP contribution in [0.4, 0.5) is 16.2 Å². The van der Waals surface area contributed by atoms with E-state index in [0.717, 1.165) is 18.4 Å². The van der Waals surface area contributed by atoms with Crippen LogP contribution in [0.15, 0.2) is 47.4 Å². The molecule has 9 nitrogen and oxygen atoms in total. The van der Waals surface area contributed by atoms with E-state index in [9.17, 15) is 18.0 Å². The molecule has 2 aromatic rings. The number of amides is 2. The maximum atomic E-state index is 12.5. The Morgan fingerprint density at radius 2 is 1.71 bits per heavy atom. The zero-order valence-corrected chi connectivity index (χ0v) is 20.6. The number of hydrogen-bond acceptors (Lipinski definition) is 6. The second-order valence-corrected chi connectivity index (χ2v) is 10.8. The van der Waals surface area contributed by atoms with Crippen LogP contribution >= 0.6 is 0 Å². The van der Waals surface area contributed by atoms with E-state index >= 15 is 0 Å². The van der Waals surface area contributed by atoms with E-state index < -0.39 is 21.7 Å². The summed E-state index contributed by atoms with van der Waals surface area (Å²) in [5.41, 5.74) is 1.05. The first kappa shape index (κ1) is 25.5. The maximum absolute atomic E-state index is 12.5. The van der Waals surface area contributed by atoms with Gasteiger partial charge in [0.05, 0.1) is 17.7 Å². The van der Waals surface area contributed by atoms with Crippen molar-refractivity contribution in [3.63, 3.8) is 0 Å². The van der Waals surface area contributed by atoms with Crippen molar-refractivity contribution in [3.05, 3.63) is 48.0 Å². The highest BCUT2D eigenvalue weighted by atomic mass is 32.2. The third-order valence-corrected chi connectivity index (χ3v) is 6.43. The van der Waals surface area contributed by atoms with Gasteiger partial charge in [-0.2, -0.15) is 0 Å². The first-order chi connectivity index (χ1) is 15.9. The number of sulfonamides is 1. The van der Waals surface area contributed by atoms with Crippen molar-refractivity contribution in [1.29, 1.82) is 0 Å². The summed E-state index contributed by atoms with van der Waals surface area (Å²) in [5.74, 6) is 0.204. The molecule has 34 heavy (non-hydrogen) atoms. The number of anilines is 2. The smallest absolute Gasteiger partial charge is 0.412 e. The molecule has 0 spiro atoms. The molecule has 0 saturated heterocycles. The maximum Gasteiger partial charge on any atom is 0.412 e. The van der Waals surface area contributed by atoms with Gasteiger partial charge in [-0.3, -0.25) is 10.1 Å². The van der Waals surface area contributed by atoms with Crippen LogP contribution in [0.1, 0.15) is 45.6 Å². The highest BCUT2D eigenvalue weighted by Crippen LogP contribution is 2.28. The number of methoxy groups -OCH3 is 1. The molecular formula is C24H31N3O6S. The average molecular weight is 490 g/mol. The molecule has 1 saturated carbocycles. The van der Waals surface area contributed by atoms with Gasteiger partial charge in [0.15, 0.2) is 0 Å². The highest BCUT2D eigenvalue weighted by Gasteiger charge is 2.27. The van der Waals surface area contributed by atoms with Crippen LogP contribution < -0.4 is 20.1 Å². The number of ether oxygens (including phenoxy) is 2. The summed E-state index contributed by atoms with van der Waals surface area (Å²) in [7, 11) is -2.01. The summed E-state index contributed by atoms with van der Waals surface area (Å²) in [4.78, 5) is 24.8. The van der Waals surface area contributed by atoms with E-state index in [1.165, 1.54) is 7.11 Å². The fraction of sp³-hybridized carbons (Fsp3) is 0.417. The molecule has 0 aromatic heterocycles. The van der Waals surface area contributed by atoms with Gasteiger partial charge in [-0.05, 0) is 75.9 Å². The van der Waals surface area contributed by atoms with Gasteiger partial charge in [0.25, 0.3) is 0 Å². The molecule has 1 fully saturated rings. The minimum atomic E-state index is -3.49. The number of nitrogens with one attached hydrogen (secondary N) is 3. The molecule has 1 aliphatic rings. The number of rotatable bonds is 9. The van der Waals surface area contributed by atoms with E-state index in [-0.39, 0.29) is 23.3 Å². The Bertz CT molecular complexity index is 1140. The first-order valence-electron chi connectivity index (χ1n) is 11.0. The third kappa shape index (κ3) is 7.74. The number of aryl methyl sites for hydroxylation is 1. The molecule has 2 amide bonds. The topological polar surface area (TPSA) is 123 Å². The zero-order valence-electron chi connectivity index (χ0n) is 19.8. The monoisotopic (exact) mass is 489 g/mol. The second kappa shape index (κ2) is 10.4. The summed E-state index contributed by atoms with van der Waals surface area (Å²) < 4.78 is 37.7. The van der Waals surface area contributed by atoms with Crippen LogP contribution in [0.25, 0.3) is 0 Å². The standard InChI is InChI=1S/C24H31N3O6S/c1-24(2,3)33-23(29)26-20-15-18(10-13-21(20)32-4)25-22(28)14-7-16-5-11-19(12-6-16)34(30,31)27-17-8-9-17/h5-6,10-13,15,17,27H,7-9,14H2,1-4H3,(H,25,28)(H,26,29).